The summed E-state index contributed by atoms with van der Waals surface area (Å²) in [7, 11) is -3.58. The van der Waals surface area contributed by atoms with Gasteiger partial charge in [-0.2, -0.15) is 0 Å². The maximum atomic E-state index is 12.2. The van der Waals surface area contributed by atoms with Crippen molar-refractivity contribution in [2.45, 2.75) is 24.2 Å². The van der Waals surface area contributed by atoms with Crippen molar-refractivity contribution >= 4 is 21.0 Å². The maximum Gasteiger partial charge on any atom is 0.336 e. The number of hydrogen-bond acceptors (Lipinski definition) is 5. The molecule has 6 nitrogen and oxygen atoms in total. The summed E-state index contributed by atoms with van der Waals surface area (Å²) in [5.41, 5.74) is -0.0950. The van der Waals surface area contributed by atoms with Crippen LogP contribution >= 0.6 is 0 Å². The molecule has 0 radical (unpaired) electrons. The molecular weight excluding hydrogens is 318 g/mol. The Morgan fingerprint density at radius 2 is 2.04 bits per heavy atom. The van der Waals surface area contributed by atoms with Crippen LogP contribution in [0.25, 0.3) is 11.0 Å². The highest BCUT2D eigenvalue weighted by atomic mass is 32.2. The van der Waals surface area contributed by atoms with Gasteiger partial charge < -0.3 is 9.15 Å². The quantitative estimate of drug-likeness (QED) is 0.587. The normalized spacial score (nSPS) is 15.1. The average molecular weight is 337 g/mol. The van der Waals surface area contributed by atoms with E-state index in [0.717, 1.165) is 6.61 Å². The fourth-order valence-electron chi connectivity index (χ4n) is 2.22. The summed E-state index contributed by atoms with van der Waals surface area (Å²) in [5.74, 6) is 0.712. The highest BCUT2D eigenvalue weighted by molar-refractivity contribution is 7.89. The minimum Gasteiger partial charge on any atom is -0.423 e. The zero-order chi connectivity index (χ0) is 16.3. The first-order chi connectivity index (χ1) is 11.0. The molecule has 0 unspecified atom stereocenters. The lowest BCUT2D eigenvalue weighted by Gasteiger charge is -2.08. The molecule has 124 valence electrons. The van der Waals surface area contributed by atoms with E-state index in [1.807, 2.05) is 0 Å². The molecule has 3 rings (SSSR count). The fraction of sp³-hybridized carbons (Fsp3) is 0.438. The summed E-state index contributed by atoms with van der Waals surface area (Å²) >= 11 is 0. The molecule has 7 heteroatoms. The molecule has 0 saturated heterocycles. The van der Waals surface area contributed by atoms with Gasteiger partial charge in [0, 0.05) is 31.2 Å². The van der Waals surface area contributed by atoms with Crippen LogP contribution in [0.1, 0.15) is 19.3 Å². The summed E-state index contributed by atoms with van der Waals surface area (Å²) in [6, 6.07) is 7.22. The third-order valence-electron chi connectivity index (χ3n) is 3.71. The highest BCUT2D eigenvalue weighted by Gasteiger charge is 2.21. The van der Waals surface area contributed by atoms with E-state index in [1.165, 1.54) is 37.1 Å². The Kier molecular flexibility index (Phi) is 4.79. The largest absolute Gasteiger partial charge is 0.423 e. The van der Waals surface area contributed by atoms with Crippen molar-refractivity contribution in [3.63, 3.8) is 0 Å². The molecule has 1 aliphatic carbocycles. The molecule has 0 aliphatic heterocycles. The van der Waals surface area contributed by atoms with Gasteiger partial charge in [0.2, 0.25) is 10.0 Å². The van der Waals surface area contributed by atoms with Gasteiger partial charge in [-0.05, 0) is 49.4 Å². The fourth-order valence-corrected chi connectivity index (χ4v) is 3.32. The van der Waals surface area contributed by atoms with Crippen molar-refractivity contribution in [2.24, 2.45) is 5.92 Å². The molecule has 1 saturated carbocycles. The zero-order valence-corrected chi connectivity index (χ0v) is 13.5. The summed E-state index contributed by atoms with van der Waals surface area (Å²) in [4.78, 5) is 11.3. The minimum atomic E-state index is -3.58. The van der Waals surface area contributed by atoms with Crippen molar-refractivity contribution in [3.05, 3.63) is 40.8 Å². The predicted octanol–water partition coefficient (Wildman–Crippen LogP) is 1.89. The van der Waals surface area contributed by atoms with Crippen LogP contribution in [0.15, 0.2) is 44.4 Å². The molecule has 1 heterocycles. The van der Waals surface area contributed by atoms with E-state index < -0.39 is 15.6 Å². The van der Waals surface area contributed by atoms with Crippen molar-refractivity contribution in [1.82, 2.24) is 4.72 Å². The summed E-state index contributed by atoms with van der Waals surface area (Å²) in [6.45, 7) is 1.67. The molecule has 0 bridgehead atoms. The number of benzene rings is 1. The molecule has 23 heavy (non-hydrogen) atoms. The lowest BCUT2D eigenvalue weighted by atomic mass is 10.2. The Hall–Kier alpha value is -1.70. The van der Waals surface area contributed by atoms with Crippen molar-refractivity contribution < 1.29 is 17.6 Å². The van der Waals surface area contributed by atoms with Gasteiger partial charge in [0.15, 0.2) is 0 Å². The molecule has 2 aromatic rings. The van der Waals surface area contributed by atoms with Crippen LogP contribution in [0, 0.1) is 5.92 Å². The van der Waals surface area contributed by atoms with Gasteiger partial charge in [0.1, 0.15) is 5.58 Å². The number of sulfonamides is 1. The van der Waals surface area contributed by atoms with E-state index in [4.69, 9.17) is 9.15 Å². The number of nitrogens with one attached hydrogen (secondary N) is 1. The Balaban J connectivity index is 1.57. The van der Waals surface area contributed by atoms with Crippen molar-refractivity contribution in [1.29, 1.82) is 0 Å². The molecule has 1 aromatic heterocycles. The van der Waals surface area contributed by atoms with Crippen molar-refractivity contribution in [2.75, 3.05) is 19.8 Å². The minimum absolute atomic E-state index is 0.151. The van der Waals surface area contributed by atoms with Crippen LogP contribution in [-0.2, 0) is 14.8 Å². The van der Waals surface area contributed by atoms with Crippen LogP contribution < -0.4 is 10.3 Å². The molecule has 1 fully saturated rings. The second kappa shape index (κ2) is 6.82. The van der Waals surface area contributed by atoms with Gasteiger partial charge in [-0.3, -0.25) is 0 Å². The second-order valence-corrected chi connectivity index (χ2v) is 7.49. The number of hydrogen-bond donors (Lipinski definition) is 1. The van der Waals surface area contributed by atoms with Gasteiger partial charge >= 0.3 is 5.63 Å². The van der Waals surface area contributed by atoms with Gasteiger partial charge in [0.05, 0.1) is 4.90 Å². The number of ether oxygens (including phenoxy) is 1. The SMILES string of the molecule is O=c1ccc2cc(S(=O)(=O)NCCCOCC3CC3)ccc2o1. The second-order valence-electron chi connectivity index (χ2n) is 5.72. The van der Waals surface area contributed by atoms with Gasteiger partial charge in [-0.1, -0.05) is 0 Å². The van der Waals surface area contributed by atoms with E-state index in [9.17, 15) is 13.2 Å². The monoisotopic (exact) mass is 337 g/mol. The highest BCUT2D eigenvalue weighted by Crippen LogP contribution is 2.28. The van der Waals surface area contributed by atoms with Gasteiger partial charge in [-0.25, -0.2) is 17.9 Å². The van der Waals surface area contributed by atoms with Crippen LogP contribution in [0.2, 0.25) is 0 Å². The van der Waals surface area contributed by atoms with E-state index in [1.54, 1.807) is 6.07 Å². The molecule has 1 aromatic carbocycles. The maximum absolute atomic E-state index is 12.2. The Morgan fingerprint density at radius 3 is 2.83 bits per heavy atom. The van der Waals surface area contributed by atoms with E-state index in [2.05, 4.69) is 4.72 Å². The summed E-state index contributed by atoms with van der Waals surface area (Å²) in [6.07, 6.45) is 3.12. The Morgan fingerprint density at radius 1 is 1.22 bits per heavy atom. The first-order valence-corrected chi connectivity index (χ1v) is 9.14. The summed E-state index contributed by atoms with van der Waals surface area (Å²) < 4.78 is 37.5. The topological polar surface area (TPSA) is 85.6 Å². The van der Waals surface area contributed by atoms with Crippen LogP contribution in [-0.4, -0.2) is 28.2 Å². The summed E-state index contributed by atoms with van der Waals surface area (Å²) in [5, 5.41) is 0.570. The van der Waals surface area contributed by atoms with Gasteiger partial charge in [-0.15, -0.1) is 0 Å². The molecule has 1 aliphatic rings. The van der Waals surface area contributed by atoms with Crippen LogP contribution in [0.4, 0.5) is 0 Å². The first kappa shape index (κ1) is 16.2. The van der Waals surface area contributed by atoms with Crippen LogP contribution in [0.3, 0.4) is 0 Å². The van der Waals surface area contributed by atoms with E-state index >= 15 is 0 Å². The number of rotatable bonds is 8. The first-order valence-electron chi connectivity index (χ1n) is 7.66. The Bertz CT molecular complexity index is 839. The third-order valence-corrected chi connectivity index (χ3v) is 5.17. The lowest BCUT2D eigenvalue weighted by Crippen LogP contribution is -2.25. The van der Waals surface area contributed by atoms with E-state index in [0.29, 0.717) is 36.5 Å². The third kappa shape index (κ3) is 4.40. The molecule has 0 amide bonds. The number of fused-ring (bicyclic) bond motifs is 1. The van der Waals surface area contributed by atoms with Crippen molar-refractivity contribution in [3.8, 4) is 0 Å². The van der Waals surface area contributed by atoms with Crippen LogP contribution in [0.5, 0.6) is 0 Å². The lowest BCUT2D eigenvalue weighted by molar-refractivity contribution is 0.123. The zero-order valence-electron chi connectivity index (χ0n) is 12.7. The molecule has 1 N–H and O–H groups in total. The molecular formula is C16H19NO5S. The Labute approximate surface area is 134 Å². The molecule has 0 atom stereocenters. The predicted molar refractivity (Wildman–Crippen MR) is 85.8 cm³/mol. The van der Waals surface area contributed by atoms with Gasteiger partial charge in [0.25, 0.3) is 0 Å². The molecule has 0 spiro atoms. The standard InChI is InChI=1S/C16H19NO5S/c18-16-7-4-13-10-14(5-6-15(13)22-16)23(19,20)17-8-1-9-21-11-12-2-3-12/h4-7,10,12,17H,1-3,8-9,11H2. The van der Waals surface area contributed by atoms with E-state index in [-0.39, 0.29) is 4.90 Å². The average Bonchev–Trinajstić information content (AvgIpc) is 3.34. The smallest absolute Gasteiger partial charge is 0.336 e.